The van der Waals surface area contributed by atoms with E-state index in [1.807, 2.05) is 0 Å². The lowest BCUT2D eigenvalue weighted by Gasteiger charge is -2.21. The van der Waals surface area contributed by atoms with Gasteiger partial charge in [-0.15, -0.1) is 0 Å². The average Bonchev–Trinajstić information content (AvgIpc) is 3.64. The first-order chi connectivity index (χ1) is 44.3. The van der Waals surface area contributed by atoms with Crippen molar-refractivity contribution in [1.29, 1.82) is 0 Å². The van der Waals surface area contributed by atoms with Gasteiger partial charge in [0.25, 0.3) is 0 Å². The van der Waals surface area contributed by atoms with Gasteiger partial charge in [0.15, 0.2) is 12.2 Å². The number of aliphatic hydroxyl groups is 1. The van der Waals surface area contributed by atoms with Gasteiger partial charge in [0.1, 0.15) is 19.3 Å². The Morgan fingerprint density at radius 3 is 0.826 bits per heavy atom. The molecule has 0 saturated carbocycles. The summed E-state index contributed by atoms with van der Waals surface area (Å²) in [5, 5.41) is 10.6. The minimum Gasteiger partial charge on any atom is -0.462 e. The Hall–Kier alpha value is -1.94. The molecule has 0 rings (SSSR count). The number of phosphoric ester groups is 2. The Morgan fingerprint density at radius 1 is 0.315 bits per heavy atom. The van der Waals surface area contributed by atoms with Gasteiger partial charge in [0.2, 0.25) is 0 Å². The van der Waals surface area contributed by atoms with Crippen molar-refractivity contribution in [3.05, 3.63) is 0 Å². The third-order valence-electron chi connectivity index (χ3n) is 17.2. The standard InChI is InChI=1S/C73H142O17P2/c1-8-10-11-12-13-14-15-16-17-18-19-20-21-22-27-33-42-49-56-72(77)89-68(60-83-70(75)54-47-40-32-28-23-25-30-37-44-51-64(3)4)62-87-91(79,80)85-58-67(74)59-86-92(81,82)88-63-69(61-84-71(76)55-48-41-36-35-39-46-53-66(7)9-2)90-73(78)57-50-43-34-29-24-26-31-38-45-52-65(5)6/h64-69,74H,8-63H2,1-7H3,(H,79,80)(H,81,82)/t66?,67-,68-,69-/m1/s1. The van der Waals surface area contributed by atoms with Crippen molar-refractivity contribution < 1.29 is 80.2 Å². The fourth-order valence-corrected chi connectivity index (χ4v) is 12.6. The van der Waals surface area contributed by atoms with E-state index in [1.165, 1.54) is 173 Å². The lowest BCUT2D eigenvalue weighted by molar-refractivity contribution is -0.161. The third-order valence-corrected chi connectivity index (χ3v) is 19.1. The fourth-order valence-electron chi connectivity index (χ4n) is 11.0. The predicted octanol–water partition coefficient (Wildman–Crippen LogP) is 21.0. The molecule has 3 unspecified atom stereocenters. The molecule has 92 heavy (non-hydrogen) atoms. The predicted molar refractivity (Wildman–Crippen MR) is 372 cm³/mol. The van der Waals surface area contributed by atoms with Crippen LogP contribution in [-0.2, 0) is 65.4 Å². The lowest BCUT2D eigenvalue weighted by atomic mass is 10.00. The molecule has 0 aromatic carbocycles. The molecule has 0 amide bonds. The normalized spacial score (nSPS) is 14.4. The minimum atomic E-state index is -4.95. The van der Waals surface area contributed by atoms with Gasteiger partial charge in [-0.05, 0) is 43.4 Å². The summed E-state index contributed by atoms with van der Waals surface area (Å²) in [6, 6.07) is 0. The maximum atomic E-state index is 13.1. The highest BCUT2D eigenvalue weighted by Gasteiger charge is 2.30. The van der Waals surface area contributed by atoms with Crippen LogP contribution in [0.2, 0.25) is 0 Å². The van der Waals surface area contributed by atoms with Gasteiger partial charge in [-0.2, -0.15) is 0 Å². The summed E-state index contributed by atoms with van der Waals surface area (Å²) in [7, 11) is -9.91. The second-order valence-electron chi connectivity index (χ2n) is 27.5. The van der Waals surface area contributed by atoms with Gasteiger partial charge in [-0.25, -0.2) is 9.13 Å². The van der Waals surface area contributed by atoms with Gasteiger partial charge in [-0.1, -0.05) is 318 Å². The smallest absolute Gasteiger partial charge is 0.462 e. The highest BCUT2D eigenvalue weighted by molar-refractivity contribution is 7.47. The van der Waals surface area contributed by atoms with E-state index in [0.29, 0.717) is 25.7 Å². The summed E-state index contributed by atoms with van der Waals surface area (Å²) in [6.45, 7) is 11.8. The molecule has 0 aromatic heterocycles. The minimum absolute atomic E-state index is 0.104. The highest BCUT2D eigenvalue weighted by Crippen LogP contribution is 2.45. The van der Waals surface area contributed by atoms with Crippen LogP contribution in [0.15, 0.2) is 0 Å². The summed E-state index contributed by atoms with van der Waals surface area (Å²) < 4.78 is 68.4. The monoisotopic (exact) mass is 1350 g/mol. The Balaban J connectivity index is 5.24. The number of hydrogen-bond donors (Lipinski definition) is 3. The molecule has 0 aromatic rings. The van der Waals surface area contributed by atoms with Crippen LogP contribution in [0.1, 0.15) is 370 Å². The molecule has 0 bridgehead atoms. The number of phosphoric acid groups is 2. The second kappa shape index (κ2) is 63.8. The number of unbranched alkanes of at least 4 members (excludes halogenated alkanes) is 38. The van der Waals surface area contributed by atoms with E-state index >= 15 is 0 Å². The molecule has 0 aliphatic heterocycles. The topological polar surface area (TPSA) is 237 Å². The van der Waals surface area contributed by atoms with Crippen LogP contribution in [0.3, 0.4) is 0 Å². The number of aliphatic hydroxyl groups excluding tert-OH is 1. The van der Waals surface area contributed by atoms with E-state index in [0.717, 1.165) is 114 Å². The van der Waals surface area contributed by atoms with E-state index < -0.39 is 97.5 Å². The maximum absolute atomic E-state index is 13.1. The second-order valence-corrected chi connectivity index (χ2v) is 30.4. The van der Waals surface area contributed by atoms with Crippen molar-refractivity contribution in [2.75, 3.05) is 39.6 Å². The molecule has 0 saturated heterocycles. The number of hydrogen-bond acceptors (Lipinski definition) is 15. The summed E-state index contributed by atoms with van der Waals surface area (Å²) in [6.07, 6.45) is 48.7. The van der Waals surface area contributed by atoms with E-state index in [1.54, 1.807) is 0 Å². The first kappa shape index (κ1) is 90.1. The van der Waals surface area contributed by atoms with E-state index in [9.17, 15) is 43.2 Å². The SMILES string of the molecule is CCCCCCCCCCCCCCCCCCCCC(=O)O[C@H](COC(=O)CCCCCCCCCCCC(C)C)COP(=O)(O)OC[C@@H](O)COP(=O)(O)OC[C@@H](COC(=O)CCCCCCCCC(C)CC)OC(=O)CCCCCCCCCCCC(C)C. The molecule has 0 fully saturated rings. The van der Waals surface area contributed by atoms with Gasteiger partial charge >= 0.3 is 39.5 Å². The Morgan fingerprint density at radius 2 is 0.554 bits per heavy atom. The fraction of sp³-hybridized carbons (Fsp3) is 0.945. The Labute approximate surface area is 562 Å². The van der Waals surface area contributed by atoms with Crippen molar-refractivity contribution in [1.82, 2.24) is 0 Å². The molecule has 0 aliphatic rings. The average molecular weight is 1350 g/mol. The zero-order chi connectivity index (χ0) is 68.0. The molecule has 6 atom stereocenters. The summed E-state index contributed by atoms with van der Waals surface area (Å²) in [5.41, 5.74) is 0. The molecule has 0 aliphatic carbocycles. The van der Waals surface area contributed by atoms with Gasteiger partial charge in [0, 0.05) is 25.7 Å². The summed E-state index contributed by atoms with van der Waals surface area (Å²) in [4.78, 5) is 72.7. The first-order valence-corrected chi connectivity index (χ1v) is 40.9. The molecule has 19 heteroatoms. The van der Waals surface area contributed by atoms with Crippen LogP contribution in [0.25, 0.3) is 0 Å². The number of ether oxygens (including phenoxy) is 4. The van der Waals surface area contributed by atoms with Crippen LogP contribution < -0.4 is 0 Å². The summed E-state index contributed by atoms with van der Waals surface area (Å²) >= 11 is 0. The van der Waals surface area contributed by atoms with E-state index in [4.69, 9.17) is 37.0 Å². The molecule has 0 radical (unpaired) electrons. The molecule has 546 valence electrons. The zero-order valence-corrected chi connectivity index (χ0v) is 61.8. The number of carbonyl (C=O) groups is 4. The number of carbonyl (C=O) groups excluding carboxylic acids is 4. The first-order valence-electron chi connectivity index (χ1n) is 37.9. The maximum Gasteiger partial charge on any atom is 0.472 e. The third kappa shape index (κ3) is 65.4. The Kier molecular flexibility index (Phi) is 62.4. The molecule has 3 N–H and O–H groups in total. The van der Waals surface area contributed by atoms with Gasteiger partial charge in [-0.3, -0.25) is 37.3 Å². The van der Waals surface area contributed by atoms with Crippen LogP contribution >= 0.6 is 15.6 Å². The quantitative estimate of drug-likeness (QED) is 0.0222. The van der Waals surface area contributed by atoms with Gasteiger partial charge in [0.05, 0.1) is 26.4 Å². The Bertz CT molecular complexity index is 1800. The van der Waals surface area contributed by atoms with E-state index in [2.05, 4.69) is 48.5 Å². The van der Waals surface area contributed by atoms with Crippen LogP contribution in [0.5, 0.6) is 0 Å². The van der Waals surface area contributed by atoms with Crippen molar-refractivity contribution in [2.24, 2.45) is 17.8 Å². The molecule has 0 spiro atoms. The van der Waals surface area contributed by atoms with Crippen molar-refractivity contribution in [2.45, 2.75) is 388 Å². The molecular formula is C73H142O17P2. The van der Waals surface area contributed by atoms with Crippen LogP contribution in [-0.4, -0.2) is 96.7 Å². The summed E-state index contributed by atoms with van der Waals surface area (Å²) in [5.74, 6) is 0.0869. The number of rotatable bonds is 71. The zero-order valence-electron chi connectivity index (χ0n) is 60.0. The van der Waals surface area contributed by atoms with Crippen molar-refractivity contribution in [3.63, 3.8) is 0 Å². The van der Waals surface area contributed by atoms with Crippen molar-refractivity contribution >= 4 is 39.5 Å². The highest BCUT2D eigenvalue weighted by atomic mass is 31.2. The molecule has 0 heterocycles. The number of esters is 4. The largest absolute Gasteiger partial charge is 0.472 e. The van der Waals surface area contributed by atoms with Crippen molar-refractivity contribution in [3.8, 4) is 0 Å². The molecular weight excluding hydrogens is 1210 g/mol. The van der Waals surface area contributed by atoms with Gasteiger partial charge < -0.3 is 33.8 Å². The van der Waals surface area contributed by atoms with Crippen LogP contribution in [0, 0.1) is 17.8 Å². The van der Waals surface area contributed by atoms with Crippen LogP contribution in [0.4, 0.5) is 0 Å². The lowest BCUT2D eigenvalue weighted by Crippen LogP contribution is -2.30. The van der Waals surface area contributed by atoms with E-state index in [-0.39, 0.29) is 25.7 Å². The molecule has 17 nitrogen and oxygen atoms in total.